The van der Waals surface area contributed by atoms with E-state index in [0.29, 0.717) is 25.5 Å². The van der Waals surface area contributed by atoms with Crippen LogP contribution in [0.1, 0.15) is 24.1 Å². The van der Waals surface area contributed by atoms with Gasteiger partial charge in [-0.3, -0.25) is 14.6 Å². The standard InChI is InChI=1S/C12H15N3O3/c16-10-8-2-1-3-9(8)13-12(14-10)15-5-4-7(6-15)11(17)18/h7H,1-6H2,(H,17,18)(H,13,14,16)/t7-/m0/s1. The monoisotopic (exact) mass is 249 g/mol. The van der Waals surface area contributed by atoms with Crippen LogP contribution < -0.4 is 10.5 Å². The average molecular weight is 249 g/mol. The van der Waals surface area contributed by atoms with Gasteiger partial charge in [-0.2, -0.15) is 0 Å². The molecule has 18 heavy (non-hydrogen) atoms. The summed E-state index contributed by atoms with van der Waals surface area (Å²) in [6.45, 7) is 1.07. The molecule has 1 aromatic rings. The highest BCUT2D eigenvalue weighted by Gasteiger charge is 2.30. The Morgan fingerprint density at radius 1 is 1.44 bits per heavy atom. The van der Waals surface area contributed by atoms with Gasteiger partial charge < -0.3 is 10.0 Å². The Morgan fingerprint density at radius 3 is 3.00 bits per heavy atom. The Bertz CT molecular complexity index is 552. The van der Waals surface area contributed by atoms with Crippen molar-refractivity contribution in [2.75, 3.05) is 18.0 Å². The molecule has 0 radical (unpaired) electrons. The fourth-order valence-corrected chi connectivity index (χ4v) is 2.73. The molecule has 1 aliphatic carbocycles. The van der Waals surface area contributed by atoms with Crippen molar-refractivity contribution in [2.24, 2.45) is 5.92 Å². The smallest absolute Gasteiger partial charge is 0.308 e. The summed E-state index contributed by atoms with van der Waals surface area (Å²) in [4.78, 5) is 31.9. The van der Waals surface area contributed by atoms with E-state index in [1.54, 1.807) is 0 Å². The molecule has 6 nitrogen and oxygen atoms in total. The lowest BCUT2D eigenvalue weighted by atomic mass is 10.1. The summed E-state index contributed by atoms with van der Waals surface area (Å²) < 4.78 is 0. The van der Waals surface area contributed by atoms with Crippen LogP contribution in [0.2, 0.25) is 0 Å². The Hall–Kier alpha value is -1.85. The molecule has 1 aromatic heterocycles. The van der Waals surface area contributed by atoms with E-state index in [2.05, 4.69) is 9.97 Å². The van der Waals surface area contributed by atoms with Gasteiger partial charge in [-0.1, -0.05) is 0 Å². The number of anilines is 1. The van der Waals surface area contributed by atoms with Gasteiger partial charge in [0, 0.05) is 18.7 Å². The highest BCUT2D eigenvalue weighted by molar-refractivity contribution is 5.71. The second-order valence-electron chi connectivity index (χ2n) is 4.94. The molecule has 1 aliphatic heterocycles. The molecule has 1 atom stereocenters. The summed E-state index contributed by atoms with van der Waals surface area (Å²) in [5, 5.41) is 8.97. The molecule has 2 heterocycles. The number of carbonyl (C=O) groups is 1. The number of aromatic nitrogens is 2. The van der Waals surface area contributed by atoms with Crippen molar-refractivity contribution in [2.45, 2.75) is 25.7 Å². The number of aryl methyl sites for hydroxylation is 1. The molecule has 0 amide bonds. The predicted molar refractivity (Wildman–Crippen MR) is 64.8 cm³/mol. The lowest BCUT2D eigenvalue weighted by molar-refractivity contribution is -0.140. The van der Waals surface area contributed by atoms with Gasteiger partial charge in [0.1, 0.15) is 0 Å². The minimum absolute atomic E-state index is 0.0636. The van der Waals surface area contributed by atoms with E-state index in [1.807, 2.05) is 4.90 Å². The number of carboxylic acids is 1. The summed E-state index contributed by atoms with van der Waals surface area (Å²) in [6.07, 6.45) is 3.24. The third kappa shape index (κ3) is 1.77. The molecule has 0 saturated carbocycles. The normalized spacial score (nSPS) is 22.2. The summed E-state index contributed by atoms with van der Waals surface area (Å²) in [5.41, 5.74) is 1.62. The van der Waals surface area contributed by atoms with Crippen LogP contribution in [0.5, 0.6) is 0 Å². The lowest BCUT2D eigenvalue weighted by Gasteiger charge is -2.16. The van der Waals surface area contributed by atoms with Gasteiger partial charge in [0.05, 0.1) is 11.6 Å². The Morgan fingerprint density at radius 2 is 2.28 bits per heavy atom. The van der Waals surface area contributed by atoms with Crippen molar-refractivity contribution >= 4 is 11.9 Å². The Balaban J connectivity index is 1.88. The highest BCUT2D eigenvalue weighted by atomic mass is 16.4. The predicted octanol–water partition coefficient (Wildman–Crippen LogP) is 0.169. The number of aliphatic carboxylic acids is 1. The van der Waals surface area contributed by atoms with Crippen LogP contribution in [0, 0.1) is 5.92 Å². The molecule has 96 valence electrons. The topological polar surface area (TPSA) is 86.3 Å². The highest BCUT2D eigenvalue weighted by Crippen LogP contribution is 2.23. The van der Waals surface area contributed by atoms with E-state index < -0.39 is 5.97 Å². The van der Waals surface area contributed by atoms with Crippen LogP contribution in [-0.4, -0.2) is 34.1 Å². The second kappa shape index (κ2) is 4.12. The molecule has 0 unspecified atom stereocenters. The van der Waals surface area contributed by atoms with E-state index >= 15 is 0 Å². The van der Waals surface area contributed by atoms with Gasteiger partial charge >= 0.3 is 5.97 Å². The zero-order valence-corrected chi connectivity index (χ0v) is 9.98. The number of fused-ring (bicyclic) bond motifs is 1. The third-order valence-electron chi connectivity index (χ3n) is 3.77. The van der Waals surface area contributed by atoms with Gasteiger partial charge in [0.25, 0.3) is 5.56 Å². The van der Waals surface area contributed by atoms with E-state index in [9.17, 15) is 9.59 Å². The van der Waals surface area contributed by atoms with Crippen LogP contribution in [0.3, 0.4) is 0 Å². The Kier molecular flexibility index (Phi) is 2.57. The summed E-state index contributed by atoms with van der Waals surface area (Å²) in [6, 6.07) is 0. The molecule has 1 saturated heterocycles. The number of nitrogens with zero attached hydrogens (tertiary/aromatic N) is 2. The first-order valence-corrected chi connectivity index (χ1v) is 6.25. The maximum atomic E-state index is 11.9. The van der Waals surface area contributed by atoms with E-state index in [0.717, 1.165) is 30.5 Å². The average Bonchev–Trinajstić information content (AvgIpc) is 2.97. The lowest BCUT2D eigenvalue weighted by Crippen LogP contribution is -2.28. The van der Waals surface area contributed by atoms with Crippen molar-refractivity contribution in [3.05, 3.63) is 21.6 Å². The van der Waals surface area contributed by atoms with Gasteiger partial charge in [-0.05, 0) is 25.7 Å². The molecule has 0 bridgehead atoms. The third-order valence-corrected chi connectivity index (χ3v) is 3.77. The number of hydrogen-bond acceptors (Lipinski definition) is 4. The minimum Gasteiger partial charge on any atom is -0.481 e. The molecule has 0 spiro atoms. The first kappa shape index (κ1) is 11.3. The number of nitrogens with one attached hydrogen (secondary N) is 1. The number of hydrogen-bond donors (Lipinski definition) is 2. The fraction of sp³-hybridized carbons (Fsp3) is 0.583. The van der Waals surface area contributed by atoms with E-state index in [-0.39, 0.29) is 11.5 Å². The quantitative estimate of drug-likeness (QED) is 0.780. The largest absolute Gasteiger partial charge is 0.481 e. The molecule has 1 fully saturated rings. The Labute approximate surface area is 104 Å². The zero-order valence-electron chi connectivity index (χ0n) is 9.98. The van der Waals surface area contributed by atoms with Crippen molar-refractivity contribution in [3.63, 3.8) is 0 Å². The second-order valence-corrected chi connectivity index (χ2v) is 4.94. The molecular formula is C12H15N3O3. The number of aromatic amines is 1. The van der Waals surface area contributed by atoms with Gasteiger partial charge in [0.15, 0.2) is 0 Å². The van der Waals surface area contributed by atoms with Crippen molar-refractivity contribution in [1.82, 2.24) is 9.97 Å². The first-order valence-electron chi connectivity index (χ1n) is 6.25. The maximum absolute atomic E-state index is 11.9. The SMILES string of the molecule is O=C(O)[C@H]1CCN(c2nc3c(c(=O)[nH]2)CCC3)C1. The molecule has 3 rings (SSSR count). The van der Waals surface area contributed by atoms with Crippen molar-refractivity contribution < 1.29 is 9.90 Å². The molecule has 2 N–H and O–H groups in total. The zero-order chi connectivity index (χ0) is 12.7. The van der Waals surface area contributed by atoms with Crippen LogP contribution in [0.4, 0.5) is 5.95 Å². The first-order chi connectivity index (χ1) is 8.65. The summed E-state index contributed by atoms with van der Waals surface area (Å²) in [7, 11) is 0. The summed E-state index contributed by atoms with van der Waals surface area (Å²) in [5.74, 6) is -0.603. The van der Waals surface area contributed by atoms with Crippen LogP contribution in [-0.2, 0) is 17.6 Å². The van der Waals surface area contributed by atoms with Crippen molar-refractivity contribution in [3.8, 4) is 0 Å². The van der Waals surface area contributed by atoms with Crippen LogP contribution in [0.25, 0.3) is 0 Å². The minimum atomic E-state index is -0.777. The molecule has 2 aliphatic rings. The van der Waals surface area contributed by atoms with Gasteiger partial charge in [-0.25, -0.2) is 4.98 Å². The molecule has 6 heteroatoms. The number of rotatable bonds is 2. The number of carboxylic acid groups (broad SMARTS) is 1. The van der Waals surface area contributed by atoms with Gasteiger partial charge in [-0.15, -0.1) is 0 Å². The van der Waals surface area contributed by atoms with E-state index in [4.69, 9.17) is 5.11 Å². The molecular weight excluding hydrogens is 234 g/mol. The van der Waals surface area contributed by atoms with E-state index in [1.165, 1.54) is 0 Å². The van der Waals surface area contributed by atoms with Gasteiger partial charge in [0.2, 0.25) is 5.95 Å². The number of H-pyrrole nitrogens is 1. The molecule has 0 aromatic carbocycles. The van der Waals surface area contributed by atoms with Crippen molar-refractivity contribution in [1.29, 1.82) is 0 Å². The maximum Gasteiger partial charge on any atom is 0.308 e. The van der Waals surface area contributed by atoms with Crippen LogP contribution >= 0.6 is 0 Å². The summed E-state index contributed by atoms with van der Waals surface area (Å²) >= 11 is 0. The van der Waals surface area contributed by atoms with Crippen LogP contribution in [0.15, 0.2) is 4.79 Å². The fourth-order valence-electron chi connectivity index (χ4n) is 2.73.